The Morgan fingerprint density at radius 2 is 1.89 bits per heavy atom. The highest BCUT2D eigenvalue weighted by molar-refractivity contribution is 4.91. The van der Waals surface area contributed by atoms with Crippen LogP contribution in [0.15, 0.2) is 0 Å². The molecule has 0 aliphatic carbocycles. The van der Waals surface area contributed by atoms with Crippen molar-refractivity contribution < 1.29 is 9.47 Å². The molecular formula is C14H30N2O2. The lowest BCUT2D eigenvalue weighted by Gasteiger charge is -2.31. The molecule has 0 aromatic rings. The Hall–Kier alpha value is -0.160. The van der Waals surface area contributed by atoms with Crippen LogP contribution in [0.5, 0.6) is 0 Å². The molecule has 0 saturated carbocycles. The molecule has 1 saturated heterocycles. The number of nitrogens with two attached hydrogens (primary N) is 1. The van der Waals surface area contributed by atoms with Crippen LogP contribution in [-0.4, -0.2) is 31.0 Å². The maximum atomic E-state index is 5.90. The number of hydrazine groups is 1. The molecule has 108 valence electrons. The summed E-state index contributed by atoms with van der Waals surface area (Å²) >= 11 is 0. The fourth-order valence-electron chi connectivity index (χ4n) is 2.98. The molecule has 18 heavy (non-hydrogen) atoms. The molecule has 5 atom stereocenters. The van der Waals surface area contributed by atoms with Gasteiger partial charge in [0.1, 0.15) is 0 Å². The molecule has 0 spiro atoms. The van der Waals surface area contributed by atoms with Crippen molar-refractivity contribution in [1.29, 1.82) is 0 Å². The number of ether oxygens (including phenoxy) is 2. The summed E-state index contributed by atoms with van der Waals surface area (Å²) < 4.78 is 11.4. The smallest absolute Gasteiger partial charge is 0.0623 e. The maximum absolute atomic E-state index is 5.90. The molecular weight excluding hydrogens is 228 g/mol. The van der Waals surface area contributed by atoms with Gasteiger partial charge in [0.05, 0.1) is 17.8 Å². The predicted molar refractivity (Wildman–Crippen MR) is 74.1 cm³/mol. The minimum atomic E-state index is -0.0906. The van der Waals surface area contributed by atoms with Gasteiger partial charge in [0.25, 0.3) is 0 Å². The van der Waals surface area contributed by atoms with Crippen LogP contribution >= 0.6 is 0 Å². The van der Waals surface area contributed by atoms with E-state index in [1.165, 1.54) is 0 Å². The lowest BCUT2D eigenvalue weighted by atomic mass is 9.81. The van der Waals surface area contributed by atoms with Gasteiger partial charge in [-0.05, 0) is 46.5 Å². The van der Waals surface area contributed by atoms with Gasteiger partial charge in [-0.25, -0.2) is 0 Å². The van der Waals surface area contributed by atoms with Crippen LogP contribution in [0.25, 0.3) is 0 Å². The SMILES string of the molecule is COC(C)(C)CCC(NN)C1C(C)OC(C)C1C. The lowest BCUT2D eigenvalue weighted by molar-refractivity contribution is 0.00730. The maximum Gasteiger partial charge on any atom is 0.0623 e. The van der Waals surface area contributed by atoms with Crippen LogP contribution in [0, 0.1) is 11.8 Å². The van der Waals surface area contributed by atoms with E-state index in [1.807, 2.05) is 0 Å². The van der Waals surface area contributed by atoms with E-state index >= 15 is 0 Å². The zero-order chi connectivity index (χ0) is 13.9. The first-order valence-corrected chi connectivity index (χ1v) is 6.99. The fourth-order valence-corrected chi connectivity index (χ4v) is 2.98. The number of hydrogen-bond donors (Lipinski definition) is 2. The first-order valence-electron chi connectivity index (χ1n) is 6.99. The van der Waals surface area contributed by atoms with Crippen LogP contribution in [0.4, 0.5) is 0 Å². The van der Waals surface area contributed by atoms with E-state index in [4.69, 9.17) is 15.3 Å². The average molecular weight is 258 g/mol. The molecule has 1 aliphatic rings. The molecule has 1 aliphatic heterocycles. The van der Waals surface area contributed by atoms with Crippen molar-refractivity contribution >= 4 is 0 Å². The van der Waals surface area contributed by atoms with Crippen LogP contribution in [-0.2, 0) is 9.47 Å². The van der Waals surface area contributed by atoms with E-state index in [0.29, 0.717) is 17.9 Å². The molecule has 4 heteroatoms. The highest BCUT2D eigenvalue weighted by Crippen LogP contribution is 2.36. The third-order valence-corrected chi connectivity index (χ3v) is 4.61. The van der Waals surface area contributed by atoms with Crippen molar-refractivity contribution in [3.8, 4) is 0 Å². The van der Waals surface area contributed by atoms with Crippen LogP contribution in [0.1, 0.15) is 47.5 Å². The van der Waals surface area contributed by atoms with Crippen LogP contribution in [0.2, 0.25) is 0 Å². The van der Waals surface area contributed by atoms with Crippen molar-refractivity contribution in [2.75, 3.05) is 7.11 Å². The Morgan fingerprint density at radius 3 is 2.28 bits per heavy atom. The first kappa shape index (κ1) is 15.9. The third-order valence-electron chi connectivity index (χ3n) is 4.61. The van der Waals surface area contributed by atoms with E-state index < -0.39 is 0 Å². The highest BCUT2D eigenvalue weighted by atomic mass is 16.5. The quantitative estimate of drug-likeness (QED) is 0.566. The monoisotopic (exact) mass is 258 g/mol. The minimum Gasteiger partial charge on any atom is -0.379 e. The van der Waals surface area contributed by atoms with Gasteiger partial charge in [-0.3, -0.25) is 11.3 Å². The van der Waals surface area contributed by atoms with Gasteiger partial charge in [-0.15, -0.1) is 0 Å². The molecule has 0 radical (unpaired) electrons. The van der Waals surface area contributed by atoms with Crippen molar-refractivity contribution in [3.05, 3.63) is 0 Å². The summed E-state index contributed by atoms with van der Waals surface area (Å²) in [6.45, 7) is 10.8. The summed E-state index contributed by atoms with van der Waals surface area (Å²) in [5, 5.41) is 0. The summed E-state index contributed by atoms with van der Waals surface area (Å²) in [6.07, 6.45) is 2.58. The van der Waals surface area contributed by atoms with Gasteiger partial charge in [-0.2, -0.15) is 0 Å². The number of methoxy groups -OCH3 is 1. The average Bonchev–Trinajstić information content (AvgIpc) is 2.56. The van der Waals surface area contributed by atoms with Crippen LogP contribution in [0.3, 0.4) is 0 Å². The van der Waals surface area contributed by atoms with E-state index in [9.17, 15) is 0 Å². The predicted octanol–water partition coefficient (Wildman–Crippen LogP) is 2.08. The molecule has 1 rings (SSSR count). The largest absolute Gasteiger partial charge is 0.379 e. The number of nitrogens with one attached hydrogen (secondary N) is 1. The first-order chi connectivity index (χ1) is 8.32. The molecule has 0 aromatic carbocycles. The Kier molecular flexibility index (Phi) is 5.59. The van der Waals surface area contributed by atoms with Gasteiger partial charge in [0, 0.05) is 19.1 Å². The van der Waals surface area contributed by atoms with E-state index in [-0.39, 0.29) is 17.7 Å². The van der Waals surface area contributed by atoms with Gasteiger partial charge in [0.2, 0.25) is 0 Å². The fraction of sp³-hybridized carbons (Fsp3) is 1.00. The van der Waals surface area contributed by atoms with Gasteiger partial charge in [0.15, 0.2) is 0 Å². The second-order valence-corrected chi connectivity index (χ2v) is 6.26. The lowest BCUT2D eigenvalue weighted by Crippen LogP contribution is -2.46. The van der Waals surface area contributed by atoms with E-state index in [0.717, 1.165) is 12.8 Å². The second-order valence-electron chi connectivity index (χ2n) is 6.26. The van der Waals surface area contributed by atoms with E-state index in [1.54, 1.807) is 7.11 Å². The summed E-state index contributed by atoms with van der Waals surface area (Å²) in [7, 11) is 1.76. The Balaban J connectivity index is 2.61. The van der Waals surface area contributed by atoms with Gasteiger partial charge < -0.3 is 9.47 Å². The van der Waals surface area contributed by atoms with Crippen molar-refractivity contribution in [2.45, 2.75) is 71.3 Å². The van der Waals surface area contributed by atoms with E-state index in [2.05, 4.69) is 40.0 Å². The van der Waals surface area contributed by atoms with Crippen LogP contribution < -0.4 is 11.3 Å². The molecule has 5 unspecified atom stereocenters. The van der Waals surface area contributed by atoms with Crippen molar-refractivity contribution in [2.24, 2.45) is 17.7 Å². The summed E-state index contributed by atoms with van der Waals surface area (Å²) in [4.78, 5) is 0. The third kappa shape index (κ3) is 3.67. The molecule has 1 fully saturated rings. The standard InChI is InChI=1S/C14H30N2O2/c1-9-10(2)18-11(3)13(9)12(16-15)7-8-14(4,5)17-6/h9-13,16H,7-8,15H2,1-6H3. The molecule has 0 amide bonds. The van der Waals surface area contributed by atoms with Gasteiger partial charge >= 0.3 is 0 Å². The molecule has 4 nitrogen and oxygen atoms in total. The van der Waals surface area contributed by atoms with Crippen molar-refractivity contribution in [1.82, 2.24) is 5.43 Å². The minimum absolute atomic E-state index is 0.0906. The molecule has 3 N–H and O–H groups in total. The number of hydrogen-bond acceptors (Lipinski definition) is 4. The summed E-state index contributed by atoms with van der Waals surface area (Å²) in [5.41, 5.74) is 2.90. The highest BCUT2D eigenvalue weighted by Gasteiger charge is 2.41. The Bertz CT molecular complexity index is 258. The zero-order valence-electron chi connectivity index (χ0n) is 12.7. The Labute approximate surface area is 112 Å². The molecule has 1 heterocycles. The number of rotatable bonds is 6. The van der Waals surface area contributed by atoms with Gasteiger partial charge in [-0.1, -0.05) is 6.92 Å². The molecule has 0 aromatic heterocycles. The topological polar surface area (TPSA) is 56.5 Å². The van der Waals surface area contributed by atoms with Crippen molar-refractivity contribution in [3.63, 3.8) is 0 Å². The zero-order valence-corrected chi connectivity index (χ0v) is 12.7. The second kappa shape index (κ2) is 6.33. The summed E-state index contributed by atoms with van der Waals surface area (Å²) in [5.74, 6) is 6.75. The Morgan fingerprint density at radius 1 is 1.28 bits per heavy atom. The molecule has 0 bridgehead atoms. The normalized spacial score (nSPS) is 34.8. The summed E-state index contributed by atoms with van der Waals surface area (Å²) in [6, 6.07) is 0.286.